The minimum atomic E-state index is 0.590. The number of methoxy groups -OCH3 is 1. The van der Waals surface area contributed by atoms with E-state index >= 15 is 0 Å². The van der Waals surface area contributed by atoms with Crippen molar-refractivity contribution in [1.82, 2.24) is 9.55 Å². The molecule has 0 bridgehead atoms. The summed E-state index contributed by atoms with van der Waals surface area (Å²) in [6, 6.07) is 23.7. The molecule has 1 aromatic heterocycles. The first-order valence-corrected chi connectivity index (χ1v) is 9.61. The number of imidazole rings is 1. The smallest absolute Gasteiger partial charge is 0.161 e. The van der Waals surface area contributed by atoms with E-state index in [-0.39, 0.29) is 0 Å². The standard InChI is InChI=1S/C23H21ClN2O2/c1-27-21-9-4-5-10-22(21)28-16-6-15-26-20-8-3-2-7-19(20)25-23(26)17-11-13-18(24)14-12-17/h2-5,7-14H,6,15-16H2,1H3. The van der Waals surface area contributed by atoms with E-state index in [4.69, 9.17) is 26.1 Å². The third kappa shape index (κ3) is 3.82. The highest BCUT2D eigenvalue weighted by Crippen LogP contribution is 2.28. The van der Waals surface area contributed by atoms with Gasteiger partial charge in [-0.15, -0.1) is 0 Å². The van der Waals surface area contributed by atoms with Crippen LogP contribution >= 0.6 is 11.6 Å². The van der Waals surface area contributed by atoms with Crippen LogP contribution in [0.2, 0.25) is 5.02 Å². The number of ether oxygens (including phenoxy) is 2. The molecule has 4 nitrogen and oxygen atoms in total. The maximum atomic E-state index is 6.05. The van der Waals surface area contributed by atoms with E-state index in [0.717, 1.165) is 51.9 Å². The Labute approximate surface area is 169 Å². The van der Waals surface area contributed by atoms with Crippen molar-refractivity contribution >= 4 is 22.6 Å². The summed E-state index contributed by atoms with van der Waals surface area (Å²) in [5.41, 5.74) is 3.15. The Morgan fingerprint density at radius 3 is 2.39 bits per heavy atom. The number of para-hydroxylation sites is 4. The molecule has 3 aromatic carbocycles. The van der Waals surface area contributed by atoms with Gasteiger partial charge < -0.3 is 14.0 Å². The molecule has 0 spiro atoms. The van der Waals surface area contributed by atoms with Gasteiger partial charge >= 0.3 is 0 Å². The largest absolute Gasteiger partial charge is 0.493 e. The number of hydrogen-bond acceptors (Lipinski definition) is 3. The van der Waals surface area contributed by atoms with Gasteiger partial charge in [0.05, 0.1) is 24.8 Å². The van der Waals surface area contributed by atoms with Crippen LogP contribution in [0.25, 0.3) is 22.4 Å². The van der Waals surface area contributed by atoms with Crippen molar-refractivity contribution in [1.29, 1.82) is 0 Å². The second-order valence-corrected chi connectivity index (χ2v) is 6.87. The van der Waals surface area contributed by atoms with Crippen molar-refractivity contribution in [3.63, 3.8) is 0 Å². The summed E-state index contributed by atoms with van der Waals surface area (Å²) < 4.78 is 13.5. The molecule has 0 aliphatic rings. The Kier molecular flexibility index (Phi) is 5.49. The van der Waals surface area contributed by atoms with E-state index < -0.39 is 0 Å². The third-order valence-corrected chi connectivity index (χ3v) is 4.86. The Morgan fingerprint density at radius 2 is 1.61 bits per heavy atom. The van der Waals surface area contributed by atoms with Gasteiger partial charge in [0.2, 0.25) is 0 Å². The predicted molar refractivity (Wildman–Crippen MR) is 113 cm³/mol. The van der Waals surface area contributed by atoms with E-state index in [1.165, 1.54) is 0 Å². The van der Waals surface area contributed by atoms with E-state index in [9.17, 15) is 0 Å². The molecular weight excluding hydrogens is 372 g/mol. The van der Waals surface area contributed by atoms with Gasteiger partial charge in [-0.25, -0.2) is 4.98 Å². The Balaban J connectivity index is 1.54. The average molecular weight is 393 g/mol. The highest BCUT2D eigenvalue weighted by molar-refractivity contribution is 6.30. The highest BCUT2D eigenvalue weighted by atomic mass is 35.5. The van der Waals surface area contributed by atoms with Gasteiger partial charge in [0.25, 0.3) is 0 Å². The molecular formula is C23H21ClN2O2. The molecule has 142 valence electrons. The maximum Gasteiger partial charge on any atom is 0.161 e. The summed E-state index contributed by atoms with van der Waals surface area (Å²) in [6.45, 7) is 1.39. The lowest BCUT2D eigenvalue weighted by molar-refractivity contribution is 0.283. The molecule has 1 heterocycles. The van der Waals surface area contributed by atoms with Crippen molar-refractivity contribution < 1.29 is 9.47 Å². The van der Waals surface area contributed by atoms with Gasteiger partial charge in [0.15, 0.2) is 11.5 Å². The van der Waals surface area contributed by atoms with Crippen LogP contribution in [-0.4, -0.2) is 23.3 Å². The number of fused-ring (bicyclic) bond motifs is 1. The number of nitrogens with zero attached hydrogens (tertiary/aromatic N) is 2. The quantitative estimate of drug-likeness (QED) is 0.371. The molecule has 0 atom stereocenters. The van der Waals surface area contributed by atoms with Crippen LogP contribution in [-0.2, 0) is 6.54 Å². The van der Waals surface area contributed by atoms with Crippen LogP contribution < -0.4 is 9.47 Å². The number of rotatable bonds is 7. The number of aromatic nitrogens is 2. The molecule has 0 saturated heterocycles. The first kappa shape index (κ1) is 18.4. The minimum absolute atomic E-state index is 0.590. The van der Waals surface area contributed by atoms with Crippen LogP contribution in [0.5, 0.6) is 11.5 Å². The lowest BCUT2D eigenvalue weighted by atomic mass is 10.2. The fourth-order valence-corrected chi connectivity index (χ4v) is 3.39. The topological polar surface area (TPSA) is 36.3 Å². The zero-order valence-corrected chi connectivity index (χ0v) is 16.4. The van der Waals surface area contributed by atoms with Crippen LogP contribution in [0.15, 0.2) is 72.8 Å². The molecule has 0 saturated carbocycles. The monoisotopic (exact) mass is 392 g/mol. The van der Waals surface area contributed by atoms with E-state index in [2.05, 4.69) is 10.6 Å². The number of aryl methyl sites for hydroxylation is 1. The maximum absolute atomic E-state index is 6.05. The molecule has 4 rings (SSSR count). The van der Waals surface area contributed by atoms with Crippen LogP contribution in [0.1, 0.15) is 6.42 Å². The lowest BCUT2D eigenvalue weighted by Crippen LogP contribution is -2.06. The molecule has 0 radical (unpaired) electrons. The van der Waals surface area contributed by atoms with Gasteiger partial charge in [0.1, 0.15) is 5.82 Å². The number of halogens is 1. The van der Waals surface area contributed by atoms with Gasteiger partial charge in [-0.05, 0) is 55.0 Å². The summed E-state index contributed by atoms with van der Waals surface area (Å²) in [7, 11) is 1.65. The molecule has 4 aromatic rings. The van der Waals surface area contributed by atoms with Gasteiger partial charge in [-0.1, -0.05) is 35.9 Å². The van der Waals surface area contributed by atoms with Gasteiger partial charge in [-0.3, -0.25) is 0 Å². The van der Waals surface area contributed by atoms with Crippen molar-refractivity contribution in [2.75, 3.05) is 13.7 Å². The molecule has 0 aliphatic heterocycles. The SMILES string of the molecule is COc1ccccc1OCCCn1c(-c2ccc(Cl)cc2)nc2ccccc21. The summed E-state index contributed by atoms with van der Waals surface area (Å²) in [5.74, 6) is 2.45. The van der Waals surface area contributed by atoms with Crippen LogP contribution in [0, 0.1) is 0 Å². The molecule has 0 unspecified atom stereocenters. The molecule has 0 aliphatic carbocycles. The number of hydrogen-bond donors (Lipinski definition) is 0. The number of benzene rings is 3. The zero-order valence-electron chi connectivity index (χ0n) is 15.6. The van der Waals surface area contributed by atoms with Crippen LogP contribution in [0.3, 0.4) is 0 Å². The van der Waals surface area contributed by atoms with Gasteiger partial charge in [-0.2, -0.15) is 0 Å². The first-order valence-electron chi connectivity index (χ1n) is 9.23. The summed E-state index contributed by atoms with van der Waals surface area (Å²) in [4.78, 5) is 4.84. The Bertz CT molecular complexity index is 1070. The fourth-order valence-electron chi connectivity index (χ4n) is 3.26. The molecule has 0 amide bonds. The highest BCUT2D eigenvalue weighted by Gasteiger charge is 2.12. The molecule has 0 N–H and O–H groups in total. The third-order valence-electron chi connectivity index (χ3n) is 4.61. The van der Waals surface area contributed by atoms with Crippen molar-refractivity contribution in [3.8, 4) is 22.9 Å². The van der Waals surface area contributed by atoms with Crippen molar-refractivity contribution in [3.05, 3.63) is 77.8 Å². The van der Waals surface area contributed by atoms with Crippen molar-refractivity contribution in [2.45, 2.75) is 13.0 Å². The molecule has 5 heteroatoms. The van der Waals surface area contributed by atoms with E-state index in [1.54, 1.807) is 7.11 Å². The summed E-state index contributed by atoms with van der Waals surface area (Å²) in [5, 5.41) is 0.719. The Hall–Kier alpha value is -2.98. The predicted octanol–water partition coefficient (Wildman–Crippen LogP) is 5.83. The lowest BCUT2D eigenvalue weighted by Gasteiger charge is -2.12. The van der Waals surface area contributed by atoms with E-state index in [1.807, 2.05) is 66.7 Å². The average Bonchev–Trinajstić information content (AvgIpc) is 3.10. The van der Waals surface area contributed by atoms with Crippen molar-refractivity contribution in [2.24, 2.45) is 0 Å². The first-order chi connectivity index (χ1) is 13.8. The molecule has 28 heavy (non-hydrogen) atoms. The summed E-state index contributed by atoms with van der Waals surface area (Å²) in [6.07, 6.45) is 0.846. The zero-order chi connectivity index (χ0) is 19.3. The molecule has 0 fully saturated rings. The fraction of sp³-hybridized carbons (Fsp3) is 0.174. The Morgan fingerprint density at radius 1 is 0.893 bits per heavy atom. The van der Waals surface area contributed by atoms with Gasteiger partial charge in [0, 0.05) is 17.1 Å². The van der Waals surface area contributed by atoms with E-state index in [0.29, 0.717) is 6.61 Å². The van der Waals surface area contributed by atoms with Crippen LogP contribution in [0.4, 0.5) is 0 Å². The second kappa shape index (κ2) is 8.36. The minimum Gasteiger partial charge on any atom is -0.493 e. The second-order valence-electron chi connectivity index (χ2n) is 6.44. The normalized spacial score (nSPS) is 10.9. The summed E-state index contributed by atoms with van der Waals surface area (Å²) >= 11 is 6.05.